The Morgan fingerprint density at radius 3 is 1.02 bits per heavy atom. The summed E-state index contributed by atoms with van der Waals surface area (Å²) < 4.78 is 4.08. The lowest BCUT2D eigenvalue weighted by Gasteiger charge is -1.86. The molecule has 4 aromatic heterocycles. The summed E-state index contributed by atoms with van der Waals surface area (Å²) in [6.07, 6.45) is 10.2. The van der Waals surface area contributed by atoms with E-state index in [4.69, 9.17) is 59.4 Å². The first kappa shape index (κ1) is 34.2. The Labute approximate surface area is 225 Å². The minimum atomic E-state index is -1.82. The summed E-state index contributed by atoms with van der Waals surface area (Å²) in [7, 11) is 0. The first-order valence-electron chi connectivity index (χ1n) is 11.0. The van der Waals surface area contributed by atoms with Crippen molar-refractivity contribution < 1.29 is 59.4 Å². The van der Waals surface area contributed by atoms with Gasteiger partial charge in [-0.15, -0.1) is 0 Å². The summed E-state index contributed by atoms with van der Waals surface area (Å²) in [5, 5.41) is 44.3. The maximum atomic E-state index is 9.10. The molecule has 214 valence electrons. The molecule has 0 fully saturated rings. The summed E-state index contributed by atoms with van der Waals surface area (Å²) in [6.45, 7) is 4.23. The molecule has 0 atom stereocenters. The largest absolute Gasteiger partial charge is 0.473 e. The van der Waals surface area contributed by atoms with Gasteiger partial charge in [-0.2, -0.15) is 0 Å². The highest BCUT2D eigenvalue weighted by Crippen LogP contribution is 2.04. The SMILES string of the molecule is CCc1cn2ccccc2n1.CCc1cn2ccccc2n1.O=C(O)C(=O)O.O=C(O)C(=O)O.O=C(O)C(=O)O. The summed E-state index contributed by atoms with van der Waals surface area (Å²) in [4.78, 5) is 63.4. The number of carbonyl (C=O) groups is 6. The van der Waals surface area contributed by atoms with Gasteiger partial charge in [-0.3, -0.25) is 0 Å². The monoisotopic (exact) mass is 562 g/mol. The lowest BCUT2D eigenvalue weighted by atomic mass is 10.4. The number of nitrogens with zero attached hydrogens (tertiary/aromatic N) is 4. The molecule has 0 unspecified atom stereocenters. The van der Waals surface area contributed by atoms with E-state index in [2.05, 4.69) is 36.2 Å². The standard InChI is InChI=1S/2C9H10N2.3C2H2O4/c2*1-2-8-7-11-6-4-3-5-9(11)10-8;3*3-1(4)2(5)6/h2*3-7H,2H2,1H3;3*(H,3,4)(H,5,6). The number of pyridine rings is 2. The van der Waals surface area contributed by atoms with Gasteiger partial charge in [-0.1, -0.05) is 26.0 Å². The zero-order chi connectivity index (χ0) is 30.8. The Hall–Kier alpha value is -5.80. The summed E-state index contributed by atoms with van der Waals surface area (Å²) in [6, 6.07) is 12.0. The van der Waals surface area contributed by atoms with Crippen LogP contribution in [0.2, 0.25) is 0 Å². The van der Waals surface area contributed by atoms with Gasteiger partial charge >= 0.3 is 35.8 Å². The Morgan fingerprint density at radius 2 is 0.825 bits per heavy atom. The average Bonchev–Trinajstić information content (AvgIpc) is 3.53. The molecular formula is C24H26N4O12. The second-order valence-corrected chi connectivity index (χ2v) is 6.93. The van der Waals surface area contributed by atoms with Crippen LogP contribution in [-0.2, 0) is 41.6 Å². The topological polar surface area (TPSA) is 258 Å². The fourth-order valence-electron chi connectivity index (χ4n) is 2.32. The van der Waals surface area contributed by atoms with Gasteiger partial charge in [-0.05, 0) is 37.1 Å². The zero-order valence-electron chi connectivity index (χ0n) is 21.1. The van der Waals surface area contributed by atoms with Gasteiger partial charge in [0.2, 0.25) is 0 Å². The van der Waals surface area contributed by atoms with Crippen molar-refractivity contribution in [1.29, 1.82) is 0 Å². The molecule has 0 saturated heterocycles. The molecule has 0 saturated carbocycles. The van der Waals surface area contributed by atoms with Crippen molar-refractivity contribution in [2.75, 3.05) is 0 Å². The number of imidazole rings is 2. The Morgan fingerprint density at radius 1 is 0.550 bits per heavy atom. The molecule has 40 heavy (non-hydrogen) atoms. The number of carboxylic acids is 6. The van der Waals surface area contributed by atoms with Crippen LogP contribution < -0.4 is 0 Å². The second-order valence-electron chi connectivity index (χ2n) is 6.93. The van der Waals surface area contributed by atoms with Gasteiger partial charge in [-0.25, -0.2) is 38.7 Å². The molecule has 0 aliphatic heterocycles. The van der Waals surface area contributed by atoms with E-state index in [1.165, 1.54) is 0 Å². The molecule has 0 aromatic carbocycles. The third-order valence-electron chi connectivity index (χ3n) is 4.10. The van der Waals surface area contributed by atoms with Gasteiger partial charge in [0.15, 0.2) is 0 Å². The number of hydrogen-bond acceptors (Lipinski definition) is 8. The van der Waals surface area contributed by atoms with E-state index in [1.54, 1.807) is 0 Å². The van der Waals surface area contributed by atoms with Crippen molar-refractivity contribution in [3.8, 4) is 0 Å². The van der Waals surface area contributed by atoms with E-state index in [9.17, 15) is 0 Å². The highest BCUT2D eigenvalue weighted by Gasteiger charge is 2.05. The Kier molecular flexibility index (Phi) is 15.1. The lowest BCUT2D eigenvalue weighted by Crippen LogP contribution is -2.09. The fraction of sp³-hybridized carbons (Fsp3) is 0.167. The number of aromatic nitrogens is 4. The molecule has 0 amide bonds. The minimum Gasteiger partial charge on any atom is -0.473 e. The number of fused-ring (bicyclic) bond motifs is 2. The summed E-state index contributed by atoms with van der Waals surface area (Å²) >= 11 is 0. The molecule has 0 bridgehead atoms. The predicted octanol–water partition coefficient (Wildman–Crippen LogP) is 1.26. The zero-order valence-corrected chi connectivity index (χ0v) is 21.1. The van der Waals surface area contributed by atoms with E-state index in [1.807, 2.05) is 57.6 Å². The van der Waals surface area contributed by atoms with E-state index in [0.717, 1.165) is 35.5 Å². The highest BCUT2D eigenvalue weighted by atomic mass is 16.5. The number of rotatable bonds is 2. The van der Waals surface area contributed by atoms with Crippen molar-refractivity contribution in [2.45, 2.75) is 26.7 Å². The van der Waals surface area contributed by atoms with Gasteiger partial charge in [0.1, 0.15) is 11.3 Å². The van der Waals surface area contributed by atoms with Crippen LogP contribution in [0.5, 0.6) is 0 Å². The maximum Gasteiger partial charge on any atom is 0.414 e. The van der Waals surface area contributed by atoms with E-state index in [0.29, 0.717) is 0 Å². The number of carboxylic acid groups (broad SMARTS) is 6. The van der Waals surface area contributed by atoms with Crippen LogP contribution in [0, 0.1) is 0 Å². The van der Waals surface area contributed by atoms with E-state index >= 15 is 0 Å². The number of aryl methyl sites for hydroxylation is 2. The molecule has 4 rings (SSSR count). The summed E-state index contributed by atoms with van der Waals surface area (Å²) in [5.41, 5.74) is 4.36. The van der Waals surface area contributed by atoms with Crippen LogP contribution in [0.1, 0.15) is 25.2 Å². The van der Waals surface area contributed by atoms with Crippen molar-refractivity contribution >= 4 is 47.1 Å². The number of aliphatic carboxylic acids is 6. The van der Waals surface area contributed by atoms with Crippen LogP contribution in [0.15, 0.2) is 61.2 Å². The fourth-order valence-corrected chi connectivity index (χ4v) is 2.32. The van der Waals surface area contributed by atoms with Crippen LogP contribution in [0.3, 0.4) is 0 Å². The van der Waals surface area contributed by atoms with Gasteiger partial charge in [0.25, 0.3) is 0 Å². The van der Waals surface area contributed by atoms with E-state index < -0.39 is 35.8 Å². The third-order valence-corrected chi connectivity index (χ3v) is 4.10. The first-order valence-corrected chi connectivity index (χ1v) is 11.0. The lowest BCUT2D eigenvalue weighted by molar-refractivity contribution is -0.159. The normalized spacial score (nSPS) is 9.15. The molecule has 4 heterocycles. The molecule has 6 N–H and O–H groups in total. The number of hydrogen-bond donors (Lipinski definition) is 6. The Bertz CT molecular complexity index is 1230. The molecule has 4 aromatic rings. The molecule has 0 aliphatic carbocycles. The van der Waals surface area contributed by atoms with Gasteiger partial charge in [0.05, 0.1) is 11.4 Å². The van der Waals surface area contributed by atoms with Crippen molar-refractivity contribution in [3.05, 3.63) is 72.6 Å². The third kappa shape index (κ3) is 13.5. The van der Waals surface area contributed by atoms with Gasteiger partial charge in [0, 0.05) is 24.8 Å². The molecule has 0 aliphatic rings. The smallest absolute Gasteiger partial charge is 0.414 e. The second kappa shape index (κ2) is 17.6. The van der Waals surface area contributed by atoms with Crippen molar-refractivity contribution in [2.24, 2.45) is 0 Å². The molecule has 0 spiro atoms. The summed E-state index contributed by atoms with van der Waals surface area (Å²) in [5.74, 6) is -10.9. The highest BCUT2D eigenvalue weighted by molar-refractivity contribution is 6.28. The first-order chi connectivity index (χ1) is 18.7. The molecule has 16 heteroatoms. The molecule has 0 radical (unpaired) electrons. The maximum absolute atomic E-state index is 9.10. The quantitative estimate of drug-likeness (QED) is 0.188. The Balaban J connectivity index is 0.000000495. The van der Waals surface area contributed by atoms with Crippen molar-refractivity contribution in [3.63, 3.8) is 0 Å². The molecule has 16 nitrogen and oxygen atoms in total. The van der Waals surface area contributed by atoms with Crippen LogP contribution >= 0.6 is 0 Å². The van der Waals surface area contributed by atoms with Gasteiger partial charge < -0.3 is 39.4 Å². The van der Waals surface area contributed by atoms with Crippen molar-refractivity contribution in [1.82, 2.24) is 18.8 Å². The minimum absolute atomic E-state index is 1.00. The average molecular weight is 562 g/mol. The van der Waals surface area contributed by atoms with Crippen LogP contribution in [0.4, 0.5) is 0 Å². The van der Waals surface area contributed by atoms with E-state index in [-0.39, 0.29) is 0 Å². The van der Waals surface area contributed by atoms with Crippen LogP contribution in [0.25, 0.3) is 11.3 Å². The predicted molar refractivity (Wildman–Crippen MR) is 135 cm³/mol. The van der Waals surface area contributed by atoms with Crippen LogP contribution in [-0.4, -0.2) is 85.2 Å². The molecular weight excluding hydrogens is 536 g/mol.